The molecule has 3 aromatic rings. The van der Waals surface area contributed by atoms with Crippen LogP contribution in [0.25, 0.3) is 10.9 Å². The molecule has 0 spiro atoms. The normalized spacial score (nSPS) is 20.6. The van der Waals surface area contributed by atoms with Crippen LogP contribution in [0.3, 0.4) is 0 Å². The van der Waals surface area contributed by atoms with E-state index >= 15 is 0 Å². The summed E-state index contributed by atoms with van der Waals surface area (Å²) in [6.45, 7) is 0.359. The summed E-state index contributed by atoms with van der Waals surface area (Å²) in [5, 5.41) is 7.71. The van der Waals surface area contributed by atoms with E-state index in [1.165, 1.54) is 12.1 Å². The number of carbonyl (C=O) groups excluding carboxylic acids is 1. The molecule has 5 rings (SSSR count). The molecule has 0 bridgehead atoms. The number of rotatable bonds is 4. The van der Waals surface area contributed by atoms with Gasteiger partial charge in [-0.2, -0.15) is 22.0 Å². The van der Waals surface area contributed by atoms with Crippen LogP contribution in [0.1, 0.15) is 25.0 Å². The second kappa shape index (κ2) is 9.17. The molecule has 2 aliphatic rings. The molecule has 0 aliphatic carbocycles. The highest BCUT2D eigenvalue weighted by atomic mass is 19.4. The van der Waals surface area contributed by atoms with E-state index in [-0.39, 0.29) is 49.0 Å². The molecule has 2 atom stereocenters. The van der Waals surface area contributed by atoms with Gasteiger partial charge in [-0.25, -0.2) is 0 Å². The molecule has 1 aromatic carbocycles. The van der Waals surface area contributed by atoms with Crippen molar-refractivity contribution < 1.29 is 31.5 Å². The lowest BCUT2D eigenvalue weighted by Gasteiger charge is -2.40. The number of nitrogens with zero attached hydrogens (tertiary/aromatic N) is 6. The van der Waals surface area contributed by atoms with Gasteiger partial charge in [0.2, 0.25) is 11.7 Å². The molecule has 0 saturated carbocycles. The van der Waals surface area contributed by atoms with Crippen molar-refractivity contribution in [3.05, 3.63) is 42.1 Å². The second-order valence-electron chi connectivity index (χ2n) is 9.06. The van der Waals surface area contributed by atoms with Crippen LogP contribution in [0.2, 0.25) is 0 Å². The fourth-order valence-electron chi connectivity index (χ4n) is 5.09. The summed E-state index contributed by atoms with van der Waals surface area (Å²) in [4.78, 5) is 21.3. The minimum absolute atomic E-state index is 0.00356. The molecule has 1 fully saturated rings. The molecular formula is C23H23F5N6O2. The third-order valence-corrected chi connectivity index (χ3v) is 6.80. The number of benzene rings is 1. The number of aromatic nitrogens is 4. The summed E-state index contributed by atoms with van der Waals surface area (Å²) < 4.78 is 69.9. The van der Waals surface area contributed by atoms with Crippen LogP contribution in [-0.4, -0.2) is 56.8 Å². The number of fused-ring (bicyclic) bond motifs is 2. The first-order chi connectivity index (χ1) is 17.1. The molecule has 0 radical (unpaired) electrons. The predicted molar refractivity (Wildman–Crippen MR) is 118 cm³/mol. The Morgan fingerprint density at radius 2 is 1.94 bits per heavy atom. The van der Waals surface area contributed by atoms with Crippen molar-refractivity contribution in [1.29, 1.82) is 0 Å². The van der Waals surface area contributed by atoms with Gasteiger partial charge in [0.25, 0.3) is 0 Å². The van der Waals surface area contributed by atoms with Crippen LogP contribution >= 0.6 is 0 Å². The topological polar surface area (TPSA) is 76.4 Å². The molecule has 0 unspecified atom stereocenters. The molecule has 4 heterocycles. The minimum Gasteiger partial charge on any atom is -0.435 e. The van der Waals surface area contributed by atoms with Crippen molar-refractivity contribution in [3.8, 4) is 5.75 Å². The van der Waals surface area contributed by atoms with Gasteiger partial charge in [-0.1, -0.05) is 6.92 Å². The minimum atomic E-state index is -4.59. The Bertz CT molecular complexity index is 1280. The summed E-state index contributed by atoms with van der Waals surface area (Å²) in [6, 6.07) is 6.47. The van der Waals surface area contributed by atoms with Crippen molar-refractivity contribution >= 4 is 22.5 Å². The Kier molecular flexibility index (Phi) is 6.17. The van der Waals surface area contributed by atoms with Gasteiger partial charge in [-0.3, -0.25) is 9.78 Å². The fraction of sp³-hybridized carbons (Fsp3) is 0.478. The largest absolute Gasteiger partial charge is 0.451 e. The number of alkyl halides is 5. The molecule has 1 saturated heterocycles. The van der Waals surface area contributed by atoms with Gasteiger partial charge in [0.05, 0.1) is 12.1 Å². The highest BCUT2D eigenvalue weighted by Crippen LogP contribution is 2.35. The van der Waals surface area contributed by atoms with E-state index in [4.69, 9.17) is 0 Å². The second-order valence-corrected chi connectivity index (χ2v) is 9.06. The highest BCUT2D eigenvalue weighted by molar-refractivity contribution is 5.92. The molecular weight excluding hydrogens is 487 g/mol. The maximum absolute atomic E-state index is 13.3. The van der Waals surface area contributed by atoms with E-state index in [9.17, 15) is 26.7 Å². The molecule has 8 nitrogen and oxygen atoms in total. The molecule has 13 heteroatoms. The van der Waals surface area contributed by atoms with Gasteiger partial charge in [-0.15, -0.1) is 10.2 Å². The van der Waals surface area contributed by atoms with Crippen LogP contribution in [0.15, 0.2) is 30.5 Å². The van der Waals surface area contributed by atoms with Crippen molar-refractivity contribution in [2.45, 2.75) is 39.2 Å². The zero-order chi connectivity index (χ0) is 25.6. The first kappa shape index (κ1) is 24.2. The number of piperidine rings is 1. The quantitative estimate of drug-likeness (QED) is 0.495. The molecule has 1 amide bonds. The number of hydrogen-bond acceptors (Lipinski definition) is 6. The zero-order valence-corrected chi connectivity index (χ0v) is 19.3. The van der Waals surface area contributed by atoms with Gasteiger partial charge in [0.15, 0.2) is 5.82 Å². The SMILES string of the molecule is C[C@@H]1CN(c2ccnc3cc(OC(F)F)ccc23)CC[C@@H]1C(=O)N1CCn2c(nnc2C(F)(F)F)C1. The number of anilines is 1. The van der Waals surface area contributed by atoms with Crippen LogP contribution in [0.5, 0.6) is 5.75 Å². The van der Waals surface area contributed by atoms with Crippen LogP contribution in [0, 0.1) is 11.8 Å². The summed E-state index contributed by atoms with van der Waals surface area (Å²) in [6.07, 6.45) is -2.42. The number of pyridine rings is 1. The van der Waals surface area contributed by atoms with E-state index in [0.29, 0.717) is 25.0 Å². The predicted octanol–water partition coefficient (Wildman–Crippen LogP) is 3.95. The van der Waals surface area contributed by atoms with Gasteiger partial charge in [0, 0.05) is 55.4 Å². The maximum atomic E-state index is 13.3. The molecule has 2 aromatic heterocycles. The lowest BCUT2D eigenvalue weighted by atomic mass is 9.85. The first-order valence-corrected chi connectivity index (χ1v) is 11.5. The number of amides is 1. The number of ether oxygens (including phenoxy) is 1. The molecule has 36 heavy (non-hydrogen) atoms. The summed E-state index contributed by atoms with van der Waals surface area (Å²) in [7, 11) is 0. The monoisotopic (exact) mass is 510 g/mol. The highest BCUT2D eigenvalue weighted by Gasteiger charge is 2.41. The lowest BCUT2D eigenvalue weighted by molar-refractivity contribution is -0.148. The number of carbonyl (C=O) groups is 1. The fourth-order valence-corrected chi connectivity index (χ4v) is 5.09. The van der Waals surface area contributed by atoms with E-state index in [0.717, 1.165) is 15.6 Å². The van der Waals surface area contributed by atoms with Crippen molar-refractivity contribution in [2.75, 3.05) is 24.5 Å². The number of halogens is 5. The first-order valence-electron chi connectivity index (χ1n) is 11.5. The Hall–Kier alpha value is -3.51. The molecule has 2 aliphatic heterocycles. The Balaban J connectivity index is 1.28. The van der Waals surface area contributed by atoms with Gasteiger partial charge < -0.3 is 19.1 Å². The van der Waals surface area contributed by atoms with Crippen molar-refractivity contribution in [3.63, 3.8) is 0 Å². The van der Waals surface area contributed by atoms with Crippen LogP contribution in [0.4, 0.5) is 27.6 Å². The van der Waals surface area contributed by atoms with Crippen molar-refractivity contribution in [2.24, 2.45) is 11.8 Å². The summed E-state index contributed by atoms with van der Waals surface area (Å²) in [5.74, 6) is -1.29. The summed E-state index contributed by atoms with van der Waals surface area (Å²) >= 11 is 0. The Morgan fingerprint density at radius 1 is 1.14 bits per heavy atom. The van der Waals surface area contributed by atoms with E-state index in [2.05, 4.69) is 24.8 Å². The van der Waals surface area contributed by atoms with Gasteiger partial charge in [-0.05, 0) is 30.5 Å². The van der Waals surface area contributed by atoms with E-state index in [1.807, 2.05) is 13.0 Å². The Labute approximate surface area is 202 Å². The Morgan fingerprint density at radius 3 is 2.67 bits per heavy atom. The zero-order valence-electron chi connectivity index (χ0n) is 19.3. The average Bonchev–Trinajstić information content (AvgIpc) is 3.26. The standard InChI is InChI=1S/C23H23F5N6O2/c1-13-11-32(18-4-6-29-17-10-14(36-22(24)25)2-3-16(17)18)7-5-15(13)20(35)33-8-9-34-19(12-33)30-31-21(34)23(26,27)28/h2-4,6,10,13,15,22H,5,7-9,11-12H2,1H3/t13-,15+/m1/s1. The van der Waals surface area contributed by atoms with Crippen LogP contribution < -0.4 is 9.64 Å². The average molecular weight is 510 g/mol. The number of hydrogen-bond donors (Lipinski definition) is 0. The maximum Gasteiger partial charge on any atom is 0.451 e. The van der Waals surface area contributed by atoms with Gasteiger partial charge in [0.1, 0.15) is 5.75 Å². The third kappa shape index (κ3) is 4.53. The van der Waals surface area contributed by atoms with E-state index in [1.54, 1.807) is 17.2 Å². The van der Waals surface area contributed by atoms with Crippen molar-refractivity contribution in [1.82, 2.24) is 24.6 Å². The molecule has 0 N–H and O–H groups in total. The lowest BCUT2D eigenvalue weighted by Crippen LogP contribution is -2.49. The van der Waals surface area contributed by atoms with Gasteiger partial charge >= 0.3 is 12.8 Å². The summed E-state index contributed by atoms with van der Waals surface area (Å²) in [5.41, 5.74) is 1.40. The smallest absolute Gasteiger partial charge is 0.435 e. The molecule has 192 valence electrons. The van der Waals surface area contributed by atoms with E-state index < -0.39 is 18.6 Å². The van der Waals surface area contributed by atoms with Crippen LogP contribution in [-0.2, 0) is 24.1 Å². The third-order valence-electron chi connectivity index (χ3n) is 6.80.